The Morgan fingerprint density at radius 2 is 1.86 bits per heavy atom. The quantitative estimate of drug-likeness (QED) is 0.665. The highest BCUT2D eigenvalue weighted by atomic mass is 19.4. The van der Waals surface area contributed by atoms with Gasteiger partial charge in [-0.25, -0.2) is 4.98 Å². The molecule has 0 unspecified atom stereocenters. The average molecular weight is 399 g/mol. The largest absolute Gasteiger partial charge is 0.475 e. The van der Waals surface area contributed by atoms with Crippen LogP contribution >= 0.6 is 0 Å². The van der Waals surface area contributed by atoms with Gasteiger partial charge < -0.3 is 9.64 Å². The Morgan fingerprint density at radius 3 is 2.62 bits per heavy atom. The first-order valence-corrected chi connectivity index (χ1v) is 8.93. The van der Waals surface area contributed by atoms with Crippen LogP contribution < -0.4 is 9.64 Å². The maximum atomic E-state index is 13.0. The second-order valence-corrected chi connectivity index (χ2v) is 6.52. The summed E-state index contributed by atoms with van der Waals surface area (Å²) in [5.41, 5.74) is 0.465. The van der Waals surface area contributed by atoms with Crippen LogP contribution in [0.25, 0.3) is 0 Å². The van der Waals surface area contributed by atoms with E-state index in [1.807, 2.05) is 30.3 Å². The molecule has 0 saturated carbocycles. The van der Waals surface area contributed by atoms with Gasteiger partial charge in [-0.15, -0.1) is 0 Å². The molecule has 3 aromatic rings. The van der Waals surface area contributed by atoms with Crippen LogP contribution in [0.4, 0.5) is 18.9 Å². The summed E-state index contributed by atoms with van der Waals surface area (Å²) >= 11 is 0. The second-order valence-electron chi connectivity index (χ2n) is 6.52. The molecule has 1 amide bonds. The zero-order chi connectivity index (χ0) is 20.4. The van der Waals surface area contributed by atoms with Gasteiger partial charge in [0.1, 0.15) is 18.0 Å². The highest BCUT2D eigenvalue weighted by Gasteiger charge is 2.32. The lowest BCUT2D eigenvalue weighted by atomic mass is 10.1. The van der Waals surface area contributed by atoms with Gasteiger partial charge in [-0.2, -0.15) is 18.2 Å². The van der Waals surface area contributed by atoms with Crippen molar-refractivity contribution in [1.82, 2.24) is 9.97 Å². The van der Waals surface area contributed by atoms with Gasteiger partial charge in [0.25, 0.3) is 5.91 Å². The molecule has 0 saturated heterocycles. The van der Waals surface area contributed by atoms with Crippen molar-refractivity contribution >= 4 is 11.6 Å². The fraction of sp³-hybridized carbons (Fsp3) is 0.190. The molecule has 29 heavy (non-hydrogen) atoms. The van der Waals surface area contributed by atoms with Crippen LogP contribution in [0.2, 0.25) is 0 Å². The van der Waals surface area contributed by atoms with Gasteiger partial charge in [0.05, 0.1) is 12.1 Å². The van der Waals surface area contributed by atoms with Crippen molar-refractivity contribution in [3.05, 3.63) is 83.3 Å². The standard InChI is InChI=1S/C21H16F3N3O2/c22-21(23,24)15-7-4-8-16(12-15)27-9-10-29-19-17(20(27)28)13-25-18(26-19)11-14-5-2-1-3-6-14/h1-8,12-13H,9-11H2. The zero-order valence-corrected chi connectivity index (χ0v) is 15.2. The fourth-order valence-electron chi connectivity index (χ4n) is 3.10. The predicted octanol–water partition coefficient (Wildman–Crippen LogP) is 4.13. The van der Waals surface area contributed by atoms with Gasteiger partial charge in [-0.3, -0.25) is 4.79 Å². The molecule has 5 nitrogen and oxygen atoms in total. The van der Waals surface area contributed by atoms with Crippen molar-refractivity contribution in [2.24, 2.45) is 0 Å². The van der Waals surface area contributed by atoms with Crippen LogP contribution in [0.5, 0.6) is 5.88 Å². The van der Waals surface area contributed by atoms with E-state index in [1.165, 1.54) is 23.2 Å². The number of halogens is 3. The lowest BCUT2D eigenvalue weighted by Crippen LogP contribution is -2.32. The van der Waals surface area contributed by atoms with Gasteiger partial charge in [0, 0.05) is 18.3 Å². The summed E-state index contributed by atoms with van der Waals surface area (Å²) < 4.78 is 44.7. The maximum absolute atomic E-state index is 13.0. The molecule has 0 spiro atoms. The summed E-state index contributed by atoms with van der Waals surface area (Å²) in [5, 5.41) is 0. The number of ether oxygens (including phenoxy) is 1. The number of hydrogen-bond acceptors (Lipinski definition) is 4. The minimum Gasteiger partial charge on any atom is -0.475 e. The molecule has 1 aromatic heterocycles. The topological polar surface area (TPSA) is 55.3 Å². The van der Waals surface area contributed by atoms with E-state index < -0.39 is 17.6 Å². The Morgan fingerprint density at radius 1 is 1.07 bits per heavy atom. The number of fused-ring (bicyclic) bond motifs is 1. The molecule has 0 fully saturated rings. The van der Waals surface area contributed by atoms with Gasteiger partial charge >= 0.3 is 6.18 Å². The number of nitrogens with zero attached hydrogens (tertiary/aromatic N) is 3. The van der Waals surface area contributed by atoms with E-state index in [0.717, 1.165) is 17.7 Å². The van der Waals surface area contributed by atoms with Crippen molar-refractivity contribution in [1.29, 1.82) is 0 Å². The number of benzene rings is 2. The van der Waals surface area contributed by atoms with Gasteiger partial charge in [0.2, 0.25) is 5.88 Å². The highest BCUT2D eigenvalue weighted by molar-refractivity contribution is 6.07. The Hall–Kier alpha value is -3.42. The molecule has 148 valence electrons. The first kappa shape index (κ1) is 18.9. The SMILES string of the molecule is O=C1c2cnc(Cc3ccccc3)nc2OCCN1c1cccc(C(F)(F)F)c1. The molecule has 4 rings (SSSR count). The molecule has 8 heteroatoms. The van der Waals surface area contributed by atoms with Crippen LogP contribution in [0.3, 0.4) is 0 Å². The molecule has 1 aliphatic heterocycles. The number of anilines is 1. The lowest BCUT2D eigenvalue weighted by Gasteiger charge is -2.21. The van der Waals surface area contributed by atoms with Crippen LogP contribution in [0.1, 0.15) is 27.3 Å². The molecule has 0 radical (unpaired) electrons. The number of alkyl halides is 3. The molecular formula is C21H16F3N3O2. The van der Waals surface area contributed by atoms with Gasteiger partial charge in [-0.1, -0.05) is 36.4 Å². The van der Waals surface area contributed by atoms with E-state index in [4.69, 9.17) is 4.74 Å². The molecular weight excluding hydrogens is 383 g/mol. The normalized spacial score (nSPS) is 14.2. The monoisotopic (exact) mass is 399 g/mol. The fourth-order valence-corrected chi connectivity index (χ4v) is 3.10. The predicted molar refractivity (Wildman–Crippen MR) is 99.9 cm³/mol. The first-order valence-electron chi connectivity index (χ1n) is 8.93. The molecule has 0 atom stereocenters. The summed E-state index contributed by atoms with van der Waals surface area (Å²) in [6.45, 7) is 0.210. The smallest absolute Gasteiger partial charge is 0.416 e. The number of carbonyl (C=O) groups excluding carboxylic acids is 1. The van der Waals surface area contributed by atoms with Crippen LogP contribution in [0.15, 0.2) is 60.8 Å². The highest BCUT2D eigenvalue weighted by Crippen LogP contribution is 2.33. The van der Waals surface area contributed by atoms with Gasteiger partial charge in [0.15, 0.2) is 0 Å². The molecule has 0 bridgehead atoms. The number of carbonyl (C=O) groups is 1. The minimum atomic E-state index is -4.49. The lowest BCUT2D eigenvalue weighted by molar-refractivity contribution is -0.137. The molecule has 1 aliphatic rings. The minimum absolute atomic E-state index is 0.102. The van der Waals surface area contributed by atoms with E-state index in [2.05, 4.69) is 9.97 Å². The average Bonchev–Trinajstić information content (AvgIpc) is 2.87. The maximum Gasteiger partial charge on any atom is 0.416 e. The number of aromatic nitrogens is 2. The molecule has 0 N–H and O–H groups in total. The molecule has 2 heterocycles. The van der Waals surface area contributed by atoms with E-state index in [-0.39, 0.29) is 30.3 Å². The van der Waals surface area contributed by atoms with Crippen molar-refractivity contribution < 1.29 is 22.7 Å². The Kier molecular flexibility index (Phi) is 4.92. The van der Waals surface area contributed by atoms with Crippen LogP contribution in [-0.2, 0) is 12.6 Å². The molecule has 0 aliphatic carbocycles. The summed E-state index contributed by atoms with van der Waals surface area (Å²) in [5.74, 6) is 0.142. The van der Waals surface area contributed by atoms with E-state index in [1.54, 1.807) is 0 Å². The summed E-state index contributed by atoms with van der Waals surface area (Å²) in [6, 6.07) is 14.3. The Bertz CT molecular complexity index is 1040. The number of hydrogen-bond donors (Lipinski definition) is 0. The summed E-state index contributed by atoms with van der Waals surface area (Å²) in [7, 11) is 0. The third-order valence-electron chi connectivity index (χ3n) is 4.52. The third-order valence-corrected chi connectivity index (χ3v) is 4.52. The number of amides is 1. The van der Waals surface area contributed by atoms with Crippen LogP contribution in [0, 0.1) is 0 Å². The summed E-state index contributed by atoms with van der Waals surface area (Å²) in [6.07, 6.45) is -2.65. The van der Waals surface area contributed by atoms with Crippen molar-refractivity contribution in [2.75, 3.05) is 18.1 Å². The van der Waals surface area contributed by atoms with E-state index in [0.29, 0.717) is 12.2 Å². The van der Waals surface area contributed by atoms with Crippen molar-refractivity contribution in [2.45, 2.75) is 12.6 Å². The zero-order valence-electron chi connectivity index (χ0n) is 15.2. The number of rotatable bonds is 3. The Labute approximate surface area is 164 Å². The van der Waals surface area contributed by atoms with Crippen molar-refractivity contribution in [3.63, 3.8) is 0 Å². The van der Waals surface area contributed by atoms with E-state index in [9.17, 15) is 18.0 Å². The van der Waals surface area contributed by atoms with Crippen LogP contribution in [-0.4, -0.2) is 29.0 Å². The second kappa shape index (κ2) is 7.54. The first-order chi connectivity index (χ1) is 13.9. The van der Waals surface area contributed by atoms with Crippen molar-refractivity contribution in [3.8, 4) is 5.88 Å². The van der Waals surface area contributed by atoms with Gasteiger partial charge in [-0.05, 0) is 23.8 Å². The third kappa shape index (κ3) is 4.06. The Balaban J connectivity index is 1.63. The molecule has 2 aromatic carbocycles. The summed E-state index contributed by atoms with van der Waals surface area (Å²) in [4.78, 5) is 22.8. The van der Waals surface area contributed by atoms with E-state index >= 15 is 0 Å².